The molecule has 2 aliphatic heterocycles. The molecule has 8 heteroatoms. The number of esters is 1. The summed E-state index contributed by atoms with van der Waals surface area (Å²) >= 11 is 0. The number of piperazine rings is 1. The number of ether oxygens (including phenoxy) is 1. The summed E-state index contributed by atoms with van der Waals surface area (Å²) in [4.78, 5) is 30.4. The summed E-state index contributed by atoms with van der Waals surface area (Å²) < 4.78 is 5.09. The second kappa shape index (κ2) is 10.1. The zero-order valence-electron chi connectivity index (χ0n) is 15.5. The number of likely N-dealkylation sites (tertiary alicyclic amines) is 1. The Bertz CT molecular complexity index is 564. The molecule has 0 aliphatic carbocycles. The summed E-state index contributed by atoms with van der Waals surface area (Å²) in [6.45, 7) is 7.56. The number of amides is 1. The largest absolute Gasteiger partial charge is 0.466 e. The first kappa shape index (κ1) is 20.2. The number of carbonyl (C=O) groups excluding carboxylic acids is 2. The van der Waals surface area contributed by atoms with Crippen molar-refractivity contribution >= 4 is 11.9 Å². The number of nitriles is 1. The van der Waals surface area contributed by atoms with Crippen LogP contribution in [-0.2, 0) is 14.3 Å². The van der Waals surface area contributed by atoms with E-state index in [2.05, 4.69) is 4.90 Å². The van der Waals surface area contributed by atoms with E-state index in [0.717, 1.165) is 39.0 Å². The molecule has 144 valence electrons. The molecule has 2 fully saturated rings. The van der Waals surface area contributed by atoms with Crippen LogP contribution in [0.2, 0.25) is 0 Å². The van der Waals surface area contributed by atoms with E-state index in [0.29, 0.717) is 32.8 Å². The third-order valence-corrected chi connectivity index (χ3v) is 4.84. The van der Waals surface area contributed by atoms with Crippen molar-refractivity contribution in [3.63, 3.8) is 0 Å². The van der Waals surface area contributed by atoms with Crippen LogP contribution >= 0.6 is 0 Å². The number of rotatable bonds is 6. The van der Waals surface area contributed by atoms with Crippen LogP contribution in [0, 0.1) is 17.2 Å². The first-order valence-corrected chi connectivity index (χ1v) is 9.33. The third kappa shape index (κ3) is 5.44. The summed E-state index contributed by atoms with van der Waals surface area (Å²) in [7, 11) is 0. The van der Waals surface area contributed by atoms with Crippen LogP contribution in [0.4, 0.5) is 0 Å². The second-order valence-electron chi connectivity index (χ2n) is 6.66. The van der Waals surface area contributed by atoms with Gasteiger partial charge in [-0.05, 0) is 19.8 Å². The molecule has 0 spiro atoms. The molecule has 2 rings (SSSR count). The quantitative estimate of drug-likeness (QED) is 0.395. The molecule has 0 aromatic carbocycles. The van der Waals surface area contributed by atoms with Gasteiger partial charge in [0.05, 0.1) is 12.5 Å². The van der Waals surface area contributed by atoms with Crippen LogP contribution in [0.15, 0.2) is 11.8 Å². The zero-order chi connectivity index (χ0) is 18.9. The minimum Gasteiger partial charge on any atom is -0.466 e. The topological polar surface area (TPSA) is 103 Å². The third-order valence-electron chi connectivity index (χ3n) is 4.84. The van der Waals surface area contributed by atoms with Gasteiger partial charge in [0, 0.05) is 58.6 Å². The van der Waals surface area contributed by atoms with Crippen LogP contribution in [0.25, 0.3) is 0 Å². The highest BCUT2D eigenvalue weighted by molar-refractivity contribution is 5.97. The molecule has 1 unspecified atom stereocenters. The van der Waals surface area contributed by atoms with E-state index in [4.69, 9.17) is 10.5 Å². The van der Waals surface area contributed by atoms with Crippen molar-refractivity contribution in [2.24, 2.45) is 11.7 Å². The smallest absolute Gasteiger partial charge is 0.310 e. The molecule has 0 aromatic rings. The van der Waals surface area contributed by atoms with Gasteiger partial charge in [0.2, 0.25) is 0 Å². The van der Waals surface area contributed by atoms with E-state index < -0.39 is 0 Å². The van der Waals surface area contributed by atoms with Crippen molar-refractivity contribution < 1.29 is 14.3 Å². The Hall–Kier alpha value is -2.11. The fourth-order valence-corrected chi connectivity index (χ4v) is 3.42. The molecule has 2 aliphatic rings. The van der Waals surface area contributed by atoms with Gasteiger partial charge in [0.25, 0.3) is 5.91 Å². The van der Waals surface area contributed by atoms with Crippen molar-refractivity contribution in [1.29, 1.82) is 5.26 Å². The van der Waals surface area contributed by atoms with Crippen molar-refractivity contribution in [2.75, 3.05) is 59.0 Å². The summed E-state index contributed by atoms with van der Waals surface area (Å²) in [5, 5.41) is 9.44. The van der Waals surface area contributed by atoms with Crippen LogP contribution in [0.1, 0.15) is 19.8 Å². The van der Waals surface area contributed by atoms with E-state index in [-0.39, 0.29) is 23.4 Å². The fourth-order valence-electron chi connectivity index (χ4n) is 3.42. The summed E-state index contributed by atoms with van der Waals surface area (Å²) in [6.07, 6.45) is 3.23. The maximum Gasteiger partial charge on any atom is 0.310 e. The van der Waals surface area contributed by atoms with Crippen LogP contribution < -0.4 is 5.73 Å². The van der Waals surface area contributed by atoms with Crippen molar-refractivity contribution in [2.45, 2.75) is 19.8 Å². The van der Waals surface area contributed by atoms with Gasteiger partial charge < -0.3 is 20.3 Å². The van der Waals surface area contributed by atoms with Gasteiger partial charge in [0.15, 0.2) is 0 Å². The van der Waals surface area contributed by atoms with E-state index >= 15 is 0 Å². The Kier molecular flexibility index (Phi) is 7.88. The normalized spacial score (nSPS) is 22.0. The van der Waals surface area contributed by atoms with Gasteiger partial charge >= 0.3 is 5.97 Å². The van der Waals surface area contributed by atoms with Crippen molar-refractivity contribution in [3.05, 3.63) is 11.8 Å². The van der Waals surface area contributed by atoms with E-state index in [9.17, 15) is 14.9 Å². The molecule has 0 aromatic heterocycles. The lowest BCUT2D eigenvalue weighted by molar-refractivity contribution is -0.149. The molecular formula is C18H29N5O3. The van der Waals surface area contributed by atoms with Gasteiger partial charge in [-0.1, -0.05) is 0 Å². The number of carbonyl (C=O) groups is 2. The highest BCUT2D eigenvalue weighted by Gasteiger charge is 2.28. The lowest BCUT2D eigenvalue weighted by Gasteiger charge is -2.35. The average molecular weight is 363 g/mol. The maximum absolute atomic E-state index is 12.7. The Balaban J connectivity index is 1.95. The molecule has 2 N–H and O–H groups in total. The molecule has 0 bridgehead atoms. The first-order valence-electron chi connectivity index (χ1n) is 9.33. The average Bonchev–Trinajstić information content (AvgIpc) is 2.67. The number of nitrogens with two attached hydrogens (primary N) is 1. The maximum atomic E-state index is 12.7. The molecule has 0 radical (unpaired) electrons. The predicted octanol–water partition coefficient (Wildman–Crippen LogP) is -0.228. The van der Waals surface area contributed by atoms with Gasteiger partial charge in [-0.25, -0.2) is 0 Å². The van der Waals surface area contributed by atoms with Gasteiger partial charge in [-0.15, -0.1) is 0 Å². The van der Waals surface area contributed by atoms with Gasteiger partial charge in [-0.3, -0.25) is 14.5 Å². The van der Waals surface area contributed by atoms with Crippen molar-refractivity contribution in [1.82, 2.24) is 14.7 Å². The highest BCUT2D eigenvalue weighted by Crippen LogP contribution is 2.19. The minimum absolute atomic E-state index is 0.127. The van der Waals surface area contributed by atoms with Crippen LogP contribution in [0.3, 0.4) is 0 Å². The fraction of sp³-hybridized carbons (Fsp3) is 0.722. The number of piperidine rings is 1. The van der Waals surface area contributed by atoms with E-state index in [1.165, 1.54) is 0 Å². The standard InChI is InChI=1S/C18H29N5O3/c1-2-26-18(25)15-4-3-6-22(13-15)14-16(12-20)17(24)23-10-8-21(7-5-19)9-11-23/h14-15H,2-11,13,19H2,1H3/b16-14-. The molecular weight excluding hydrogens is 334 g/mol. The molecule has 26 heavy (non-hydrogen) atoms. The second-order valence-corrected chi connectivity index (χ2v) is 6.66. The molecule has 2 heterocycles. The molecule has 8 nitrogen and oxygen atoms in total. The summed E-state index contributed by atoms with van der Waals surface area (Å²) in [5.41, 5.74) is 5.69. The number of hydrogen-bond acceptors (Lipinski definition) is 7. The van der Waals surface area contributed by atoms with Crippen molar-refractivity contribution in [3.8, 4) is 6.07 Å². The monoisotopic (exact) mass is 363 g/mol. The SMILES string of the molecule is CCOC(=O)C1CCCN(/C=C(/C#N)C(=O)N2CCN(CCN)CC2)C1. The highest BCUT2D eigenvalue weighted by atomic mass is 16.5. The number of nitrogens with zero attached hydrogens (tertiary/aromatic N) is 4. The molecule has 1 amide bonds. The van der Waals surface area contributed by atoms with Gasteiger partial charge in [0.1, 0.15) is 11.6 Å². The van der Waals surface area contributed by atoms with E-state index in [1.807, 2.05) is 11.0 Å². The Morgan fingerprint density at radius 3 is 2.62 bits per heavy atom. The van der Waals surface area contributed by atoms with Crippen LogP contribution in [-0.4, -0.2) is 85.5 Å². The zero-order valence-corrected chi connectivity index (χ0v) is 15.5. The Labute approximate surface area is 155 Å². The lowest BCUT2D eigenvalue weighted by Crippen LogP contribution is -2.50. The number of hydrogen-bond donors (Lipinski definition) is 1. The van der Waals surface area contributed by atoms with Crippen LogP contribution in [0.5, 0.6) is 0 Å². The Morgan fingerprint density at radius 2 is 2.00 bits per heavy atom. The Morgan fingerprint density at radius 1 is 1.27 bits per heavy atom. The molecule has 2 saturated heterocycles. The summed E-state index contributed by atoms with van der Waals surface area (Å²) in [5.74, 6) is -0.639. The lowest BCUT2D eigenvalue weighted by atomic mass is 9.98. The minimum atomic E-state index is -0.238. The molecule has 0 saturated carbocycles. The molecule has 1 atom stereocenters. The van der Waals surface area contributed by atoms with E-state index in [1.54, 1.807) is 18.0 Å². The predicted molar refractivity (Wildman–Crippen MR) is 96.7 cm³/mol. The first-order chi connectivity index (χ1) is 12.6. The summed E-state index contributed by atoms with van der Waals surface area (Å²) in [6, 6.07) is 2.03. The van der Waals surface area contributed by atoms with Gasteiger partial charge in [-0.2, -0.15) is 5.26 Å².